The number of aromatic carboxylic acids is 1. The van der Waals surface area contributed by atoms with Gasteiger partial charge in [0.25, 0.3) is 0 Å². The molecule has 0 spiro atoms. The number of hydrogen-bond acceptors (Lipinski definition) is 4. The second kappa shape index (κ2) is 9.15. The number of carboxylic acids is 1. The summed E-state index contributed by atoms with van der Waals surface area (Å²) in [5.41, 5.74) is 1.16. The molecule has 2 N–H and O–H groups in total. The molecule has 0 saturated heterocycles. The Balaban J connectivity index is 1.95. The number of rotatable bonds is 5. The van der Waals surface area contributed by atoms with Gasteiger partial charge in [-0.15, -0.1) is 11.3 Å². The number of nitrogens with zero attached hydrogens (tertiary/aromatic N) is 1. The van der Waals surface area contributed by atoms with E-state index in [9.17, 15) is 19.8 Å². The summed E-state index contributed by atoms with van der Waals surface area (Å²) in [6.45, 7) is 7.87. The van der Waals surface area contributed by atoms with Crippen LogP contribution in [0.4, 0.5) is 5.69 Å². The first-order valence-corrected chi connectivity index (χ1v) is 11.1. The first-order chi connectivity index (χ1) is 13.8. The van der Waals surface area contributed by atoms with Crippen LogP contribution in [0.25, 0.3) is 0 Å². The van der Waals surface area contributed by atoms with Crippen LogP contribution in [-0.2, 0) is 4.79 Å². The number of carbonyl (C=O) groups is 2. The van der Waals surface area contributed by atoms with Gasteiger partial charge in [0.2, 0.25) is 5.91 Å². The zero-order valence-electron chi connectivity index (χ0n) is 17.1. The van der Waals surface area contributed by atoms with Gasteiger partial charge in [0, 0.05) is 18.6 Å². The number of amides is 1. The lowest BCUT2D eigenvalue weighted by Crippen LogP contribution is -2.51. The Morgan fingerprint density at radius 2 is 1.93 bits per heavy atom. The predicted molar refractivity (Wildman–Crippen MR) is 115 cm³/mol. The minimum Gasteiger partial charge on any atom is -0.477 e. The van der Waals surface area contributed by atoms with Crippen LogP contribution in [-0.4, -0.2) is 34.7 Å². The smallest absolute Gasteiger partial charge is 0.348 e. The SMILES string of the molecule is C=C(C)C#Cc1cc(N(C(=O)C2CCC(C)CC2)C2CC(CO)C2)c(C(=O)O)s1. The van der Waals surface area contributed by atoms with Gasteiger partial charge in [-0.1, -0.05) is 25.3 Å². The molecule has 3 rings (SSSR count). The van der Waals surface area contributed by atoms with Crippen LogP contribution < -0.4 is 4.90 Å². The molecule has 0 aliphatic heterocycles. The Labute approximate surface area is 176 Å². The van der Waals surface area contributed by atoms with Crippen LogP contribution >= 0.6 is 11.3 Å². The lowest BCUT2D eigenvalue weighted by Gasteiger charge is -2.44. The topological polar surface area (TPSA) is 77.8 Å². The molecule has 2 saturated carbocycles. The third-order valence-electron chi connectivity index (χ3n) is 6.00. The molecule has 2 fully saturated rings. The molecule has 0 bridgehead atoms. The van der Waals surface area contributed by atoms with Gasteiger partial charge in [-0.3, -0.25) is 4.79 Å². The first kappa shape index (κ1) is 21.6. The van der Waals surface area contributed by atoms with Crippen LogP contribution in [0, 0.1) is 29.6 Å². The maximum Gasteiger partial charge on any atom is 0.348 e. The highest BCUT2D eigenvalue weighted by molar-refractivity contribution is 7.15. The van der Waals surface area contributed by atoms with Gasteiger partial charge in [0.15, 0.2) is 0 Å². The van der Waals surface area contributed by atoms with E-state index in [-0.39, 0.29) is 35.3 Å². The highest BCUT2D eigenvalue weighted by atomic mass is 32.1. The van der Waals surface area contributed by atoms with Crippen LogP contribution in [0.15, 0.2) is 18.2 Å². The molecule has 1 aromatic rings. The van der Waals surface area contributed by atoms with Crippen molar-refractivity contribution in [1.29, 1.82) is 0 Å². The molecule has 1 amide bonds. The molecule has 1 aromatic heterocycles. The highest BCUT2D eigenvalue weighted by Crippen LogP contribution is 2.41. The van der Waals surface area contributed by atoms with Crippen LogP contribution in [0.2, 0.25) is 0 Å². The van der Waals surface area contributed by atoms with Gasteiger partial charge in [-0.05, 0) is 68.9 Å². The fraction of sp³-hybridized carbons (Fsp3) is 0.565. The maximum atomic E-state index is 13.5. The Morgan fingerprint density at radius 1 is 1.28 bits per heavy atom. The third-order valence-corrected chi connectivity index (χ3v) is 7.03. The summed E-state index contributed by atoms with van der Waals surface area (Å²) in [7, 11) is 0. The molecular weight excluding hydrogens is 386 g/mol. The van der Waals surface area contributed by atoms with E-state index < -0.39 is 5.97 Å². The Morgan fingerprint density at radius 3 is 2.48 bits per heavy atom. The summed E-state index contributed by atoms with van der Waals surface area (Å²) >= 11 is 1.10. The van der Waals surface area contributed by atoms with E-state index in [1.807, 2.05) is 0 Å². The second-order valence-electron chi connectivity index (χ2n) is 8.50. The van der Waals surface area contributed by atoms with Gasteiger partial charge < -0.3 is 15.1 Å². The maximum absolute atomic E-state index is 13.5. The molecule has 6 heteroatoms. The predicted octanol–water partition coefficient (Wildman–Crippen LogP) is 4.30. The van der Waals surface area contributed by atoms with Gasteiger partial charge in [0.1, 0.15) is 4.88 Å². The molecule has 2 aliphatic carbocycles. The minimum absolute atomic E-state index is 0.0259. The lowest BCUT2D eigenvalue weighted by atomic mass is 9.77. The molecule has 29 heavy (non-hydrogen) atoms. The van der Waals surface area contributed by atoms with Crippen molar-refractivity contribution in [3.8, 4) is 11.8 Å². The Bertz CT molecular complexity index is 848. The fourth-order valence-electron chi connectivity index (χ4n) is 4.20. The van der Waals surface area contributed by atoms with E-state index in [0.29, 0.717) is 34.9 Å². The van der Waals surface area contributed by atoms with Crippen molar-refractivity contribution in [2.24, 2.45) is 17.8 Å². The summed E-state index contributed by atoms with van der Waals surface area (Å²) in [5.74, 6) is 5.58. The number of allylic oxidation sites excluding steroid dienone is 1. The normalized spacial score (nSPS) is 26.0. The van der Waals surface area contributed by atoms with Gasteiger partial charge in [-0.2, -0.15) is 0 Å². The number of hydrogen-bond donors (Lipinski definition) is 2. The summed E-state index contributed by atoms with van der Waals surface area (Å²) in [4.78, 5) is 27.9. The van der Waals surface area contributed by atoms with Crippen LogP contribution in [0.1, 0.15) is 66.9 Å². The molecule has 0 radical (unpaired) electrons. The Kier molecular flexibility index (Phi) is 6.81. The molecule has 5 nitrogen and oxygen atoms in total. The van der Waals surface area contributed by atoms with Crippen molar-refractivity contribution >= 4 is 28.9 Å². The lowest BCUT2D eigenvalue weighted by molar-refractivity contribution is -0.124. The Hall–Kier alpha value is -2.10. The minimum atomic E-state index is -1.04. The number of anilines is 1. The van der Waals surface area contributed by atoms with Crippen LogP contribution in [0.3, 0.4) is 0 Å². The van der Waals surface area contributed by atoms with Crippen molar-refractivity contribution in [1.82, 2.24) is 0 Å². The quantitative estimate of drug-likeness (QED) is 0.703. The van der Waals surface area contributed by atoms with E-state index in [1.165, 1.54) is 0 Å². The molecular formula is C23H29NO4S. The number of carboxylic acid groups (broad SMARTS) is 1. The van der Waals surface area contributed by atoms with Crippen molar-refractivity contribution in [2.75, 3.05) is 11.5 Å². The molecule has 156 valence electrons. The zero-order valence-corrected chi connectivity index (χ0v) is 17.9. The van der Waals surface area contributed by atoms with E-state index in [2.05, 4.69) is 25.3 Å². The van der Waals surface area contributed by atoms with Gasteiger partial charge >= 0.3 is 5.97 Å². The second-order valence-corrected chi connectivity index (χ2v) is 9.55. The number of carbonyl (C=O) groups excluding carboxylic acids is 1. The standard InChI is InChI=1S/C23H29NO4S/c1-14(2)4-9-19-12-20(21(29-19)23(27)28)24(18-10-16(11-18)13-25)22(26)17-7-5-15(3)6-8-17/h12,15-18,25H,1,5-8,10-11,13H2,2-3H3,(H,27,28). The van der Waals surface area contributed by atoms with E-state index in [0.717, 1.165) is 37.0 Å². The molecule has 0 atom stereocenters. The molecule has 0 aromatic carbocycles. The van der Waals surface area contributed by atoms with Crippen molar-refractivity contribution in [3.63, 3.8) is 0 Å². The summed E-state index contributed by atoms with van der Waals surface area (Å²) in [5, 5.41) is 19.2. The van der Waals surface area contributed by atoms with E-state index in [1.54, 1.807) is 17.9 Å². The zero-order chi connectivity index (χ0) is 21.1. The average molecular weight is 416 g/mol. The summed E-state index contributed by atoms with van der Waals surface area (Å²) in [6, 6.07) is 1.67. The molecule has 0 unspecified atom stereocenters. The van der Waals surface area contributed by atoms with E-state index >= 15 is 0 Å². The number of thiophene rings is 1. The monoisotopic (exact) mass is 415 g/mol. The molecule has 2 aliphatic rings. The summed E-state index contributed by atoms with van der Waals surface area (Å²) in [6.07, 6.45) is 5.15. The number of aliphatic hydroxyl groups excluding tert-OH is 1. The summed E-state index contributed by atoms with van der Waals surface area (Å²) < 4.78 is 0. The fourth-order valence-corrected chi connectivity index (χ4v) is 5.04. The first-order valence-electron chi connectivity index (χ1n) is 10.3. The largest absolute Gasteiger partial charge is 0.477 e. The van der Waals surface area contributed by atoms with Gasteiger partial charge in [0.05, 0.1) is 10.6 Å². The van der Waals surface area contributed by atoms with Crippen molar-refractivity contribution < 1.29 is 19.8 Å². The van der Waals surface area contributed by atoms with Crippen molar-refractivity contribution in [3.05, 3.63) is 28.0 Å². The highest BCUT2D eigenvalue weighted by Gasteiger charge is 2.41. The molecule has 1 heterocycles. The van der Waals surface area contributed by atoms with E-state index in [4.69, 9.17) is 0 Å². The number of aliphatic hydroxyl groups is 1. The third kappa shape index (κ3) is 4.91. The van der Waals surface area contributed by atoms with Gasteiger partial charge in [-0.25, -0.2) is 4.79 Å². The van der Waals surface area contributed by atoms with Crippen LogP contribution in [0.5, 0.6) is 0 Å². The van der Waals surface area contributed by atoms with Crippen molar-refractivity contribution in [2.45, 2.75) is 58.4 Å². The average Bonchev–Trinajstić information content (AvgIpc) is 3.06.